The van der Waals surface area contributed by atoms with Crippen LogP contribution in [0.15, 0.2) is 6.07 Å². The molecule has 0 radical (unpaired) electrons. The van der Waals surface area contributed by atoms with Gasteiger partial charge in [-0.1, -0.05) is 0 Å². The van der Waals surface area contributed by atoms with E-state index < -0.39 is 23.8 Å². The number of aryl methyl sites for hydroxylation is 2. The second kappa shape index (κ2) is 8.04. The molecule has 0 aliphatic heterocycles. The van der Waals surface area contributed by atoms with E-state index in [-0.39, 0.29) is 11.7 Å². The van der Waals surface area contributed by atoms with Gasteiger partial charge in [0.1, 0.15) is 0 Å². The molecule has 1 N–H and O–H groups in total. The molecule has 0 aliphatic carbocycles. The number of hydrogen-bond donors (Lipinski definition) is 1. The molecule has 0 saturated heterocycles. The smallest absolute Gasteiger partial charge is 0.340 e. The Kier molecular flexibility index (Phi) is 6.17. The maximum Gasteiger partial charge on any atom is 0.340 e. The van der Waals surface area contributed by atoms with Gasteiger partial charge in [-0.3, -0.25) is 4.79 Å². The molecule has 0 fully saturated rings. The number of carbonyl (C=O) groups excluding carboxylic acids is 3. The number of methoxy groups -OCH3 is 1. The predicted octanol–water partition coefficient (Wildman–Crippen LogP) is 3.85. The molecule has 2 aromatic rings. The number of ketones is 1. The van der Waals surface area contributed by atoms with Crippen molar-refractivity contribution in [1.82, 2.24) is 9.55 Å². The topological polar surface area (TPSA) is 90.4 Å². The van der Waals surface area contributed by atoms with Gasteiger partial charge in [-0.15, -0.1) is 0 Å². The zero-order valence-corrected chi connectivity index (χ0v) is 17.7. The third-order valence-electron chi connectivity index (χ3n) is 4.95. The van der Waals surface area contributed by atoms with Crippen molar-refractivity contribution in [3.05, 3.63) is 45.5 Å². The van der Waals surface area contributed by atoms with Crippen molar-refractivity contribution >= 4 is 17.7 Å². The summed E-state index contributed by atoms with van der Waals surface area (Å²) in [5.74, 6) is -1.46. The van der Waals surface area contributed by atoms with Crippen LogP contribution >= 0.6 is 0 Å². The summed E-state index contributed by atoms with van der Waals surface area (Å²) in [6.45, 7) is 12.7. The maximum absolute atomic E-state index is 12.8. The minimum Gasteiger partial charge on any atom is -0.465 e. The number of ether oxygens (including phenoxy) is 2. The van der Waals surface area contributed by atoms with Crippen molar-refractivity contribution in [3.63, 3.8) is 0 Å². The fourth-order valence-corrected chi connectivity index (χ4v) is 3.66. The first-order valence-electron chi connectivity index (χ1n) is 9.22. The number of H-pyrrole nitrogens is 1. The number of nitrogens with one attached hydrogen (secondary N) is 1. The normalized spacial score (nSPS) is 12.2. The Morgan fingerprint density at radius 1 is 1.04 bits per heavy atom. The van der Waals surface area contributed by atoms with Gasteiger partial charge in [0.05, 0.1) is 23.9 Å². The van der Waals surface area contributed by atoms with Gasteiger partial charge in [-0.05, 0) is 60.1 Å². The fraction of sp³-hybridized carbons (Fsp3) is 0.476. The molecule has 0 aliphatic rings. The lowest BCUT2D eigenvalue weighted by Gasteiger charge is -2.15. The van der Waals surface area contributed by atoms with Crippen LogP contribution in [0, 0.1) is 27.7 Å². The van der Waals surface area contributed by atoms with Crippen molar-refractivity contribution in [2.75, 3.05) is 7.11 Å². The van der Waals surface area contributed by atoms with Gasteiger partial charge < -0.3 is 19.0 Å². The van der Waals surface area contributed by atoms with Crippen molar-refractivity contribution in [2.24, 2.45) is 0 Å². The Labute approximate surface area is 165 Å². The molecule has 1 unspecified atom stereocenters. The SMILES string of the molecule is COC(=O)c1c(C)[nH]c(C(=O)C(C)OC(=O)c2cc(C)n(C(C)C)c2C)c1C. The molecule has 0 bridgehead atoms. The number of aromatic nitrogens is 2. The number of Topliss-reactive ketones (excluding diaryl/α,β-unsaturated/α-hetero) is 1. The molecule has 0 saturated carbocycles. The lowest BCUT2D eigenvalue weighted by Crippen LogP contribution is -2.25. The molecule has 2 rings (SSSR count). The van der Waals surface area contributed by atoms with Crippen molar-refractivity contribution < 1.29 is 23.9 Å². The van der Waals surface area contributed by atoms with Crippen LogP contribution in [0.3, 0.4) is 0 Å². The summed E-state index contributed by atoms with van der Waals surface area (Å²) >= 11 is 0. The minimum absolute atomic E-state index is 0.210. The fourth-order valence-electron chi connectivity index (χ4n) is 3.66. The average Bonchev–Trinajstić information content (AvgIpc) is 3.08. The maximum atomic E-state index is 12.8. The van der Waals surface area contributed by atoms with Crippen LogP contribution in [0.2, 0.25) is 0 Å². The second-order valence-electron chi connectivity index (χ2n) is 7.28. The van der Waals surface area contributed by atoms with Gasteiger partial charge in [0, 0.05) is 23.1 Å². The molecule has 7 heteroatoms. The Balaban J connectivity index is 2.25. The number of esters is 2. The van der Waals surface area contributed by atoms with Gasteiger partial charge >= 0.3 is 11.9 Å². The highest BCUT2D eigenvalue weighted by molar-refractivity contribution is 6.04. The standard InChI is InChI=1S/C21H28N2O5/c1-10(2)23-11(3)9-16(14(23)6)20(25)28-15(7)19(24)18-12(4)17(13(5)22-18)21(26)27-8/h9-10,15,22H,1-8H3. The van der Waals surface area contributed by atoms with Crippen LogP contribution in [0.5, 0.6) is 0 Å². The monoisotopic (exact) mass is 388 g/mol. The molecule has 152 valence electrons. The van der Waals surface area contributed by atoms with E-state index in [1.807, 2.05) is 32.3 Å². The van der Waals surface area contributed by atoms with Crippen molar-refractivity contribution in [2.45, 2.75) is 60.6 Å². The molecule has 0 spiro atoms. The summed E-state index contributed by atoms with van der Waals surface area (Å²) in [7, 11) is 1.29. The highest BCUT2D eigenvalue weighted by atomic mass is 16.5. The molecule has 0 aromatic carbocycles. The van der Waals surface area contributed by atoms with Crippen LogP contribution in [-0.4, -0.2) is 40.5 Å². The van der Waals surface area contributed by atoms with Crippen LogP contribution in [0.25, 0.3) is 0 Å². The van der Waals surface area contributed by atoms with E-state index in [1.165, 1.54) is 14.0 Å². The van der Waals surface area contributed by atoms with E-state index >= 15 is 0 Å². The highest BCUT2D eigenvalue weighted by Crippen LogP contribution is 2.23. The van der Waals surface area contributed by atoms with Crippen LogP contribution in [-0.2, 0) is 9.47 Å². The Hall–Kier alpha value is -2.83. The van der Waals surface area contributed by atoms with E-state index in [0.29, 0.717) is 22.4 Å². The molecule has 0 amide bonds. The molecular formula is C21H28N2O5. The zero-order valence-electron chi connectivity index (χ0n) is 17.7. The number of nitrogens with zero attached hydrogens (tertiary/aromatic N) is 1. The Morgan fingerprint density at radius 2 is 1.64 bits per heavy atom. The first-order chi connectivity index (χ1) is 13.0. The Bertz CT molecular complexity index is 933. The van der Waals surface area contributed by atoms with Crippen molar-refractivity contribution in [1.29, 1.82) is 0 Å². The third kappa shape index (κ3) is 3.74. The summed E-state index contributed by atoms with van der Waals surface area (Å²) in [5.41, 5.74) is 3.78. The first kappa shape index (κ1) is 21.5. The summed E-state index contributed by atoms with van der Waals surface area (Å²) in [5, 5.41) is 0. The molecule has 2 aromatic heterocycles. The molecule has 1 atom stereocenters. The van der Waals surface area contributed by atoms with Gasteiger partial charge in [0.2, 0.25) is 5.78 Å². The van der Waals surface area contributed by atoms with Crippen molar-refractivity contribution in [3.8, 4) is 0 Å². The van der Waals surface area contributed by atoms with Gasteiger partial charge in [0.25, 0.3) is 0 Å². The van der Waals surface area contributed by atoms with Crippen LogP contribution in [0.1, 0.15) is 80.7 Å². The quantitative estimate of drug-likeness (QED) is 0.600. The Morgan fingerprint density at radius 3 is 2.14 bits per heavy atom. The second-order valence-corrected chi connectivity index (χ2v) is 7.28. The summed E-state index contributed by atoms with van der Waals surface area (Å²) in [4.78, 5) is 40.3. The van der Waals surface area contributed by atoms with Crippen LogP contribution < -0.4 is 0 Å². The number of hydrogen-bond acceptors (Lipinski definition) is 5. The van der Waals surface area contributed by atoms with Gasteiger partial charge in [-0.2, -0.15) is 0 Å². The van der Waals surface area contributed by atoms with E-state index in [4.69, 9.17) is 9.47 Å². The van der Waals surface area contributed by atoms with E-state index in [9.17, 15) is 14.4 Å². The number of carbonyl (C=O) groups is 3. The van der Waals surface area contributed by atoms with Gasteiger partial charge in [-0.25, -0.2) is 9.59 Å². The predicted molar refractivity (Wildman–Crippen MR) is 105 cm³/mol. The first-order valence-corrected chi connectivity index (χ1v) is 9.22. The highest BCUT2D eigenvalue weighted by Gasteiger charge is 2.28. The largest absolute Gasteiger partial charge is 0.465 e. The zero-order chi connectivity index (χ0) is 21.3. The number of aromatic amines is 1. The lowest BCUT2D eigenvalue weighted by molar-refractivity contribution is 0.0316. The lowest BCUT2D eigenvalue weighted by atomic mass is 10.1. The molecule has 7 nitrogen and oxygen atoms in total. The van der Waals surface area contributed by atoms with Crippen LogP contribution in [0.4, 0.5) is 0 Å². The molecular weight excluding hydrogens is 360 g/mol. The average molecular weight is 388 g/mol. The summed E-state index contributed by atoms with van der Waals surface area (Å²) in [6.07, 6.45) is -1.00. The van der Waals surface area contributed by atoms with E-state index in [2.05, 4.69) is 4.98 Å². The minimum atomic E-state index is -1.00. The number of rotatable bonds is 6. The summed E-state index contributed by atoms with van der Waals surface area (Å²) in [6, 6.07) is 1.98. The summed E-state index contributed by atoms with van der Waals surface area (Å²) < 4.78 is 12.2. The third-order valence-corrected chi connectivity index (χ3v) is 4.95. The van der Waals surface area contributed by atoms with Gasteiger partial charge in [0.15, 0.2) is 6.10 Å². The van der Waals surface area contributed by atoms with E-state index in [1.54, 1.807) is 19.9 Å². The molecule has 28 heavy (non-hydrogen) atoms. The molecule has 2 heterocycles. The van der Waals surface area contributed by atoms with E-state index in [0.717, 1.165) is 11.4 Å².